The molecule has 0 aromatic carbocycles. The first-order chi connectivity index (χ1) is 8.08. The standard InChI is InChI=1S/C12H18N2O2S/c1-8(2)14-5-3-4-9(7-14)11-13-6-10(17-11)12(15)16/h6,8-9H,3-5,7H2,1-2H3,(H,15,16). The second-order valence-electron chi connectivity index (χ2n) is 4.80. The number of hydrogen-bond donors (Lipinski definition) is 1. The van der Waals surface area contributed by atoms with Gasteiger partial charge in [-0.05, 0) is 33.2 Å². The maximum absolute atomic E-state index is 10.8. The number of piperidine rings is 1. The van der Waals surface area contributed by atoms with Crippen molar-refractivity contribution in [1.29, 1.82) is 0 Å². The maximum Gasteiger partial charge on any atom is 0.347 e. The van der Waals surface area contributed by atoms with Gasteiger partial charge in [-0.2, -0.15) is 0 Å². The summed E-state index contributed by atoms with van der Waals surface area (Å²) in [5, 5.41) is 9.88. The SMILES string of the molecule is CC(C)N1CCCC(c2ncc(C(=O)O)s2)C1. The van der Waals surface area contributed by atoms with E-state index in [1.807, 2.05) is 0 Å². The van der Waals surface area contributed by atoms with Crippen LogP contribution < -0.4 is 0 Å². The number of aromatic carboxylic acids is 1. The molecule has 0 saturated carbocycles. The molecule has 5 heteroatoms. The fourth-order valence-corrected chi connectivity index (χ4v) is 3.13. The highest BCUT2D eigenvalue weighted by Gasteiger charge is 2.25. The first-order valence-electron chi connectivity index (χ1n) is 6.01. The van der Waals surface area contributed by atoms with Crippen LogP contribution in [0.5, 0.6) is 0 Å². The largest absolute Gasteiger partial charge is 0.477 e. The van der Waals surface area contributed by atoms with Crippen molar-refractivity contribution in [1.82, 2.24) is 9.88 Å². The Hall–Kier alpha value is -0.940. The zero-order valence-electron chi connectivity index (χ0n) is 10.2. The van der Waals surface area contributed by atoms with Crippen molar-refractivity contribution >= 4 is 17.3 Å². The second kappa shape index (κ2) is 5.14. The number of likely N-dealkylation sites (tertiary alicyclic amines) is 1. The number of carbonyl (C=O) groups is 1. The molecule has 2 rings (SSSR count). The van der Waals surface area contributed by atoms with E-state index in [1.165, 1.54) is 24.0 Å². The Balaban J connectivity index is 2.08. The molecule has 1 atom stereocenters. The average molecular weight is 254 g/mol. The molecule has 1 N–H and O–H groups in total. The molecule has 1 fully saturated rings. The van der Waals surface area contributed by atoms with E-state index in [1.54, 1.807) is 0 Å². The van der Waals surface area contributed by atoms with Gasteiger partial charge in [0.05, 0.1) is 11.2 Å². The van der Waals surface area contributed by atoms with Gasteiger partial charge < -0.3 is 10.0 Å². The lowest BCUT2D eigenvalue weighted by molar-refractivity contribution is 0.0702. The van der Waals surface area contributed by atoms with Crippen molar-refractivity contribution in [2.24, 2.45) is 0 Å². The highest BCUT2D eigenvalue weighted by Crippen LogP contribution is 2.30. The maximum atomic E-state index is 10.8. The molecule has 1 aliphatic heterocycles. The monoisotopic (exact) mass is 254 g/mol. The third-order valence-corrected chi connectivity index (χ3v) is 4.41. The summed E-state index contributed by atoms with van der Waals surface area (Å²) in [7, 11) is 0. The highest BCUT2D eigenvalue weighted by molar-refractivity contribution is 7.13. The summed E-state index contributed by atoms with van der Waals surface area (Å²) < 4.78 is 0. The van der Waals surface area contributed by atoms with E-state index in [-0.39, 0.29) is 0 Å². The summed E-state index contributed by atoms with van der Waals surface area (Å²) in [4.78, 5) is 17.9. The number of aromatic nitrogens is 1. The minimum atomic E-state index is -0.870. The summed E-state index contributed by atoms with van der Waals surface area (Å²) >= 11 is 1.32. The fraction of sp³-hybridized carbons (Fsp3) is 0.667. The topological polar surface area (TPSA) is 53.4 Å². The third kappa shape index (κ3) is 2.84. The smallest absolute Gasteiger partial charge is 0.347 e. The Kier molecular flexibility index (Phi) is 3.79. The van der Waals surface area contributed by atoms with Gasteiger partial charge in [0.2, 0.25) is 0 Å². The molecule has 1 aromatic heterocycles. The molecule has 1 unspecified atom stereocenters. The van der Waals surface area contributed by atoms with Crippen LogP contribution in [0.4, 0.5) is 0 Å². The molecular weight excluding hydrogens is 236 g/mol. The van der Waals surface area contributed by atoms with Crippen LogP contribution in [-0.2, 0) is 0 Å². The van der Waals surface area contributed by atoms with Gasteiger partial charge in [-0.15, -0.1) is 11.3 Å². The molecule has 1 aliphatic rings. The molecule has 4 nitrogen and oxygen atoms in total. The van der Waals surface area contributed by atoms with Crippen LogP contribution >= 0.6 is 11.3 Å². The van der Waals surface area contributed by atoms with Gasteiger partial charge in [-0.25, -0.2) is 9.78 Å². The lowest BCUT2D eigenvalue weighted by Gasteiger charge is -2.34. The molecule has 0 spiro atoms. The van der Waals surface area contributed by atoms with E-state index in [0.717, 1.165) is 24.5 Å². The van der Waals surface area contributed by atoms with Crippen molar-refractivity contribution in [2.75, 3.05) is 13.1 Å². The zero-order valence-corrected chi connectivity index (χ0v) is 11.0. The molecule has 0 bridgehead atoms. The number of rotatable bonds is 3. The normalized spacial score (nSPS) is 21.9. The predicted molar refractivity (Wildman–Crippen MR) is 67.8 cm³/mol. The van der Waals surface area contributed by atoms with E-state index >= 15 is 0 Å². The Morgan fingerprint density at radius 3 is 3.00 bits per heavy atom. The highest BCUT2D eigenvalue weighted by atomic mass is 32.1. The van der Waals surface area contributed by atoms with Gasteiger partial charge in [0.15, 0.2) is 0 Å². The number of thiazole rings is 1. The lowest BCUT2D eigenvalue weighted by Crippen LogP contribution is -2.39. The average Bonchev–Trinajstić information content (AvgIpc) is 2.78. The Bertz CT molecular complexity index is 403. The molecule has 17 heavy (non-hydrogen) atoms. The summed E-state index contributed by atoms with van der Waals surface area (Å²) in [5.74, 6) is -0.463. The number of nitrogens with zero attached hydrogens (tertiary/aromatic N) is 2. The summed E-state index contributed by atoms with van der Waals surface area (Å²) in [6.45, 7) is 6.55. The van der Waals surface area contributed by atoms with E-state index in [4.69, 9.17) is 5.11 Å². The van der Waals surface area contributed by atoms with Gasteiger partial charge in [0.1, 0.15) is 4.88 Å². The third-order valence-electron chi connectivity index (χ3n) is 3.27. The van der Waals surface area contributed by atoms with Crippen molar-refractivity contribution in [3.63, 3.8) is 0 Å². The van der Waals surface area contributed by atoms with Crippen molar-refractivity contribution < 1.29 is 9.90 Å². The van der Waals surface area contributed by atoms with Crippen LogP contribution in [0.25, 0.3) is 0 Å². The minimum Gasteiger partial charge on any atom is -0.477 e. The van der Waals surface area contributed by atoms with Crippen LogP contribution in [0.3, 0.4) is 0 Å². The van der Waals surface area contributed by atoms with Crippen molar-refractivity contribution in [3.8, 4) is 0 Å². The molecule has 0 amide bonds. The van der Waals surface area contributed by atoms with Crippen LogP contribution in [0.1, 0.15) is 47.3 Å². The molecule has 1 saturated heterocycles. The quantitative estimate of drug-likeness (QED) is 0.900. The molecule has 2 heterocycles. The Morgan fingerprint density at radius 1 is 1.65 bits per heavy atom. The van der Waals surface area contributed by atoms with Gasteiger partial charge >= 0.3 is 5.97 Å². The first-order valence-corrected chi connectivity index (χ1v) is 6.82. The second-order valence-corrected chi connectivity index (χ2v) is 5.86. The molecular formula is C12H18N2O2S. The van der Waals surface area contributed by atoms with E-state index < -0.39 is 5.97 Å². The zero-order chi connectivity index (χ0) is 12.4. The lowest BCUT2D eigenvalue weighted by atomic mass is 9.98. The molecule has 94 valence electrons. The fourth-order valence-electron chi connectivity index (χ4n) is 2.25. The van der Waals surface area contributed by atoms with Gasteiger partial charge in [0.25, 0.3) is 0 Å². The Labute approximate surface area is 105 Å². The first kappa shape index (κ1) is 12.5. The van der Waals surface area contributed by atoms with E-state index in [0.29, 0.717) is 16.8 Å². The van der Waals surface area contributed by atoms with Crippen LogP contribution in [0, 0.1) is 0 Å². The number of hydrogen-bond acceptors (Lipinski definition) is 4. The van der Waals surface area contributed by atoms with Crippen LogP contribution in [0.2, 0.25) is 0 Å². The van der Waals surface area contributed by atoms with Crippen LogP contribution in [0.15, 0.2) is 6.20 Å². The van der Waals surface area contributed by atoms with Crippen molar-refractivity contribution in [2.45, 2.75) is 38.6 Å². The van der Waals surface area contributed by atoms with Gasteiger partial charge in [0, 0.05) is 18.5 Å². The summed E-state index contributed by atoms with van der Waals surface area (Å²) in [5.41, 5.74) is 0. The predicted octanol–water partition coefficient (Wildman–Crippen LogP) is 2.43. The summed E-state index contributed by atoms with van der Waals surface area (Å²) in [6.07, 6.45) is 3.78. The molecule has 0 aliphatic carbocycles. The van der Waals surface area contributed by atoms with E-state index in [2.05, 4.69) is 23.7 Å². The molecule has 0 radical (unpaired) electrons. The molecule has 1 aromatic rings. The van der Waals surface area contributed by atoms with E-state index in [9.17, 15) is 4.79 Å². The van der Waals surface area contributed by atoms with Crippen molar-refractivity contribution in [3.05, 3.63) is 16.1 Å². The Morgan fingerprint density at radius 2 is 2.41 bits per heavy atom. The van der Waals surface area contributed by atoms with Gasteiger partial charge in [-0.1, -0.05) is 0 Å². The summed E-state index contributed by atoms with van der Waals surface area (Å²) in [6, 6.07) is 0.553. The number of carboxylic acid groups (broad SMARTS) is 1. The van der Waals surface area contributed by atoms with Crippen LogP contribution in [-0.4, -0.2) is 40.1 Å². The number of carboxylic acids is 1. The minimum absolute atomic E-state index is 0.349. The van der Waals surface area contributed by atoms with Gasteiger partial charge in [-0.3, -0.25) is 0 Å².